The van der Waals surface area contributed by atoms with Crippen molar-refractivity contribution in [3.8, 4) is 0 Å². The molecule has 0 aromatic rings. The van der Waals surface area contributed by atoms with Crippen LogP contribution in [0.1, 0.15) is 156 Å². The molecule has 6 saturated carbocycles. The molecule has 0 aromatic heterocycles. The maximum Gasteiger partial charge on any atom is 0.137 e. The summed E-state index contributed by atoms with van der Waals surface area (Å²) in [4.78, 5) is 10.0. The van der Waals surface area contributed by atoms with Crippen molar-refractivity contribution in [1.82, 2.24) is 0 Å². The maximum absolute atomic E-state index is 5.02. The summed E-state index contributed by atoms with van der Waals surface area (Å²) in [5, 5.41) is 7.10. The Hall–Kier alpha value is 0.579. The van der Waals surface area contributed by atoms with Crippen molar-refractivity contribution < 1.29 is 24.7 Å². The summed E-state index contributed by atoms with van der Waals surface area (Å²) in [5.74, 6) is 4.83. The van der Waals surface area contributed by atoms with Gasteiger partial charge in [-0.25, -0.2) is 0 Å². The molecule has 50 heavy (non-hydrogen) atoms. The minimum atomic E-state index is 0. The van der Waals surface area contributed by atoms with E-state index in [1.54, 1.807) is 5.04 Å². The molecule has 12 unspecified atom stereocenters. The van der Waals surface area contributed by atoms with Crippen LogP contribution in [0.15, 0.2) is 9.98 Å². The van der Waals surface area contributed by atoms with Crippen LogP contribution >= 0.6 is 35.3 Å². The van der Waals surface area contributed by atoms with E-state index in [4.69, 9.17) is 9.98 Å². The zero-order chi connectivity index (χ0) is 33.7. The van der Waals surface area contributed by atoms with Gasteiger partial charge in [-0.15, -0.1) is 41.3 Å². The molecular weight excluding hydrogens is 847 g/mol. The third-order valence-electron chi connectivity index (χ3n) is 13.3. The standard InChI is InChI=1S/C15H24NS.2C14H22NS.Ir/c1-11-6-5-7-12(10-11)15-16(2)13-8-3-4-9-14(13)17-15;2*1-10-5-4-6-11(9-10)14-15-12-7-2-3-8-13(12)16-14;/h7,11-14H,2-6,8-10H2,1H3;2*6,10-13H,2-5,7-9H2,1H3;/q3*-1;. The van der Waals surface area contributed by atoms with Crippen LogP contribution in [0.2, 0.25) is 0 Å². The fourth-order valence-electron chi connectivity index (χ4n) is 10.3. The number of thioether (sulfide) groups is 3. The monoisotopic (exact) mass is 915 g/mol. The van der Waals surface area contributed by atoms with E-state index in [1.165, 1.54) is 145 Å². The SMILES string of the molecule is CC1CC[CH-]C(C2=NC3CCCCC3S2)C1.CC1CC[CH-]C(C2=NC3CCCCC3S2)C1.[CH2-][N+]1=C(C2[CH-]CCC(C)C2)SC2CCCCC21.[Ir]. The molecule has 1 radical (unpaired) electrons. The molecular formula is C43H68IrN3S3-3. The van der Waals surface area contributed by atoms with Crippen molar-refractivity contribution in [3.63, 3.8) is 0 Å². The van der Waals surface area contributed by atoms with E-state index in [1.807, 2.05) is 0 Å². The smallest absolute Gasteiger partial charge is 0.137 e. The van der Waals surface area contributed by atoms with Crippen LogP contribution < -0.4 is 0 Å². The third kappa shape index (κ3) is 10.3. The topological polar surface area (TPSA) is 27.7 Å². The molecule has 6 aliphatic carbocycles. The van der Waals surface area contributed by atoms with E-state index >= 15 is 0 Å². The summed E-state index contributed by atoms with van der Waals surface area (Å²) >= 11 is 6.40. The molecule has 9 aliphatic rings. The van der Waals surface area contributed by atoms with Crippen LogP contribution in [0.3, 0.4) is 0 Å². The van der Waals surface area contributed by atoms with Gasteiger partial charge in [-0.1, -0.05) is 91.4 Å². The molecule has 3 aliphatic heterocycles. The molecule has 0 N–H and O–H groups in total. The van der Waals surface area contributed by atoms with Gasteiger partial charge in [0.05, 0.1) is 17.3 Å². The van der Waals surface area contributed by atoms with Gasteiger partial charge >= 0.3 is 0 Å². The van der Waals surface area contributed by atoms with Gasteiger partial charge in [0.25, 0.3) is 0 Å². The summed E-state index contributed by atoms with van der Waals surface area (Å²) in [6.45, 7) is 7.20. The Labute approximate surface area is 334 Å². The second-order valence-electron chi connectivity index (χ2n) is 17.5. The Kier molecular flexibility index (Phi) is 15.6. The summed E-state index contributed by atoms with van der Waals surface area (Å²) < 4.78 is 2.40. The maximum atomic E-state index is 5.02. The summed E-state index contributed by atoms with van der Waals surface area (Å²) in [6.07, 6.45) is 36.6. The molecule has 6 fully saturated rings. The van der Waals surface area contributed by atoms with Gasteiger partial charge in [0.2, 0.25) is 0 Å². The van der Waals surface area contributed by atoms with Crippen molar-refractivity contribution in [2.45, 2.75) is 189 Å². The molecule has 7 heteroatoms. The van der Waals surface area contributed by atoms with E-state index in [9.17, 15) is 0 Å². The zero-order valence-electron chi connectivity index (χ0n) is 31.6. The Morgan fingerprint density at radius 1 is 0.540 bits per heavy atom. The molecule has 3 nitrogen and oxygen atoms in total. The number of fused-ring (bicyclic) bond motifs is 3. The van der Waals surface area contributed by atoms with Crippen molar-refractivity contribution in [3.05, 3.63) is 26.3 Å². The first-order valence-corrected chi connectivity index (χ1v) is 23.7. The zero-order valence-corrected chi connectivity index (χ0v) is 36.5. The average Bonchev–Trinajstić information content (AvgIpc) is 3.85. The van der Waals surface area contributed by atoms with Gasteiger partial charge in [0.1, 0.15) is 6.04 Å². The third-order valence-corrected chi connectivity index (χ3v) is 18.0. The van der Waals surface area contributed by atoms with Gasteiger partial charge < -0.3 is 23.8 Å². The number of rotatable bonds is 3. The first kappa shape index (κ1) is 40.2. The Morgan fingerprint density at radius 2 is 0.960 bits per heavy atom. The van der Waals surface area contributed by atoms with Crippen LogP contribution in [0.4, 0.5) is 0 Å². The van der Waals surface area contributed by atoms with Crippen LogP contribution in [-0.2, 0) is 20.1 Å². The average molecular weight is 915 g/mol. The Balaban J connectivity index is 0.000000128. The number of nitrogens with zero attached hydrogens (tertiary/aromatic N) is 3. The molecule has 0 bridgehead atoms. The van der Waals surface area contributed by atoms with Gasteiger partial charge in [-0.3, -0.25) is 9.98 Å². The number of aliphatic imine (C=N–C) groups is 2. The fourth-order valence-corrected chi connectivity index (χ4v) is 15.0. The van der Waals surface area contributed by atoms with Crippen LogP contribution in [0.25, 0.3) is 0 Å². The fraction of sp³-hybridized carbons (Fsp3) is 0.837. The minimum Gasteiger partial charge on any atom is -0.359 e. The molecule has 0 saturated heterocycles. The molecule has 0 amide bonds. The molecule has 3 heterocycles. The molecule has 12 atom stereocenters. The number of hydrogen-bond donors (Lipinski definition) is 0. The molecule has 9 rings (SSSR count). The van der Waals surface area contributed by atoms with E-state index in [0.717, 1.165) is 39.5 Å². The second-order valence-corrected chi connectivity index (χ2v) is 21.3. The van der Waals surface area contributed by atoms with Crippen molar-refractivity contribution >= 4 is 50.4 Å². The largest absolute Gasteiger partial charge is 0.359 e. The van der Waals surface area contributed by atoms with E-state index in [2.05, 4.69) is 86.9 Å². The second kappa shape index (κ2) is 19.4. The predicted octanol–water partition coefficient (Wildman–Crippen LogP) is 12.1. The van der Waals surface area contributed by atoms with Crippen molar-refractivity contribution in [2.24, 2.45) is 45.5 Å². The molecule has 0 spiro atoms. The normalized spacial score (nSPS) is 42.6. The van der Waals surface area contributed by atoms with Crippen LogP contribution in [0, 0.1) is 61.8 Å². The Morgan fingerprint density at radius 3 is 1.42 bits per heavy atom. The first-order valence-electron chi connectivity index (χ1n) is 21.0. The first-order chi connectivity index (χ1) is 23.9. The predicted molar refractivity (Wildman–Crippen MR) is 219 cm³/mol. The van der Waals surface area contributed by atoms with Crippen LogP contribution in [-0.4, -0.2) is 53.6 Å². The Bertz CT molecular complexity index is 1130. The summed E-state index contributed by atoms with van der Waals surface area (Å²) in [6, 6.07) is 2.10. The van der Waals surface area contributed by atoms with Gasteiger partial charge in [0.15, 0.2) is 0 Å². The molecule has 0 aromatic carbocycles. The van der Waals surface area contributed by atoms with E-state index in [-0.39, 0.29) is 20.1 Å². The number of hydrogen-bond acceptors (Lipinski definition) is 5. The van der Waals surface area contributed by atoms with E-state index in [0.29, 0.717) is 29.8 Å². The minimum absolute atomic E-state index is 0. The van der Waals surface area contributed by atoms with Gasteiger partial charge in [-0.2, -0.15) is 31.0 Å². The van der Waals surface area contributed by atoms with Gasteiger partial charge in [0, 0.05) is 52.2 Å². The summed E-state index contributed by atoms with van der Waals surface area (Å²) in [7, 11) is 4.36. The van der Waals surface area contributed by atoms with Crippen LogP contribution in [0.5, 0.6) is 0 Å². The van der Waals surface area contributed by atoms with Crippen molar-refractivity contribution in [2.75, 3.05) is 0 Å². The quantitative estimate of drug-likeness (QED) is 0.209. The molecule has 285 valence electrons. The van der Waals surface area contributed by atoms with Gasteiger partial charge in [-0.05, 0) is 63.3 Å². The summed E-state index contributed by atoms with van der Waals surface area (Å²) in [5.41, 5.74) is 0. The van der Waals surface area contributed by atoms with Crippen molar-refractivity contribution in [1.29, 1.82) is 0 Å². The van der Waals surface area contributed by atoms with E-state index < -0.39 is 0 Å².